The van der Waals surface area contributed by atoms with Gasteiger partial charge in [0.2, 0.25) is 11.8 Å². The molecule has 1 aliphatic heterocycles. The van der Waals surface area contributed by atoms with Crippen molar-refractivity contribution in [3.63, 3.8) is 0 Å². The Morgan fingerprint density at radius 2 is 1.77 bits per heavy atom. The monoisotopic (exact) mass is 421 g/mol. The minimum atomic E-state index is -0.103. The Labute approximate surface area is 183 Å². The predicted molar refractivity (Wildman–Crippen MR) is 121 cm³/mol. The number of anilines is 1. The smallest absolute Gasteiger partial charge is 0.237 e. The first-order valence-electron chi connectivity index (χ1n) is 11.2. The second-order valence-electron chi connectivity index (χ2n) is 8.67. The van der Waals surface area contributed by atoms with E-state index in [2.05, 4.69) is 34.5 Å². The molecule has 6 nitrogen and oxygen atoms in total. The maximum Gasteiger partial charge on any atom is 0.237 e. The van der Waals surface area contributed by atoms with Crippen LogP contribution < -0.4 is 5.32 Å². The van der Waals surface area contributed by atoms with E-state index in [1.165, 1.54) is 11.1 Å². The lowest BCUT2D eigenvalue weighted by Gasteiger charge is -2.36. The fraction of sp³-hybridized carbons (Fsp3) is 0.440. The standard InChI is InChI=1S/C25H31N3O3/c1-27(22-11-6-8-18-7-2-3-9-20(18)22)24(30)17-28-15-13-19(14-16-28)25(31)26-21-10-4-5-12-23(21)29/h2-5,7,9-10,12,19,22,29H,6,8,11,13-17H2,1H3,(H,26,31). The molecule has 0 radical (unpaired) electrons. The Hall–Kier alpha value is -2.86. The Bertz CT molecular complexity index is 937. The van der Waals surface area contributed by atoms with E-state index in [0.29, 0.717) is 25.1 Å². The average molecular weight is 422 g/mol. The van der Waals surface area contributed by atoms with Crippen LogP contribution in [0, 0.1) is 5.92 Å². The van der Waals surface area contributed by atoms with Crippen LogP contribution in [0.4, 0.5) is 5.69 Å². The number of rotatable bonds is 5. The van der Waals surface area contributed by atoms with Crippen LogP contribution in [0.25, 0.3) is 0 Å². The Kier molecular flexibility index (Phi) is 6.56. The Balaban J connectivity index is 1.28. The molecule has 0 aromatic heterocycles. The van der Waals surface area contributed by atoms with Crippen molar-refractivity contribution in [3.05, 3.63) is 59.7 Å². The molecule has 1 aliphatic carbocycles. The minimum absolute atomic E-state index is 0.0663. The maximum absolute atomic E-state index is 13.0. The first kappa shape index (κ1) is 21.4. The van der Waals surface area contributed by atoms with Crippen molar-refractivity contribution >= 4 is 17.5 Å². The number of amides is 2. The number of carbonyl (C=O) groups is 2. The van der Waals surface area contributed by atoms with Gasteiger partial charge in [-0.1, -0.05) is 36.4 Å². The van der Waals surface area contributed by atoms with Gasteiger partial charge in [0.15, 0.2) is 0 Å². The highest BCUT2D eigenvalue weighted by Crippen LogP contribution is 2.33. The van der Waals surface area contributed by atoms with E-state index in [1.807, 2.05) is 11.9 Å². The number of aromatic hydroxyl groups is 1. The third kappa shape index (κ3) is 4.90. The van der Waals surface area contributed by atoms with Crippen LogP contribution in [0.2, 0.25) is 0 Å². The Morgan fingerprint density at radius 3 is 2.55 bits per heavy atom. The summed E-state index contributed by atoms with van der Waals surface area (Å²) in [6.45, 7) is 1.84. The third-order valence-electron chi connectivity index (χ3n) is 6.68. The third-order valence-corrected chi connectivity index (χ3v) is 6.68. The van der Waals surface area contributed by atoms with Gasteiger partial charge in [0.25, 0.3) is 0 Å². The zero-order valence-corrected chi connectivity index (χ0v) is 18.1. The first-order chi connectivity index (χ1) is 15.0. The lowest BCUT2D eigenvalue weighted by atomic mass is 9.87. The normalized spacial score (nSPS) is 19.5. The Morgan fingerprint density at radius 1 is 1.06 bits per heavy atom. The van der Waals surface area contributed by atoms with Gasteiger partial charge in [0.05, 0.1) is 18.3 Å². The van der Waals surface area contributed by atoms with Gasteiger partial charge in [-0.15, -0.1) is 0 Å². The highest BCUT2D eigenvalue weighted by Gasteiger charge is 2.30. The van der Waals surface area contributed by atoms with Gasteiger partial charge in [0.1, 0.15) is 5.75 Å². The van der Waals surface area contributed by atoms with Crippen molar-refractivity contribution in [1.29, 1.82) is 0 Å². The van der Waals surface area contributed by atoms with Gasteiger partial charge in [-0.2, -0.15) is 0 Å². The number of piperidine rings is 1. The minimum Gasteiger partial charge on any atom is -0.506 e. The summed E-state index contributed by atoms with van der Waals surface area (Å²) in [5.41, 5.74) is 3.08. The van der Waals surface area contributed by atoms with Gasteiger partial charge >= 0.3 is 0 Å². The summed E-state index contributed by atoms with van der Waals surface area (Å²) >= 11 is 0. The van der Waals surface area contributed by atoms with Crippen LogP contribution in [0.3, 0.4) is 0 Å². The molecule has 2 aromatic carbocycles. The van der Waals surface area contributed by atoms with Gasteiger partial charge < -0.3 is 15.3 Å². The van der Waals surface area contributed by atoms with Crippen LogP contribution in [0.5, 0.6) is 5.75 Å². The number of hydrogen-bond donors (Lipinski definition) is 2. The van der Waals surface area contributed by atoms with Crippen molar-refractivity contribution in [3.8, 4) is 5.75 Å². The number of likely N-dealkylation sites (tertiary alicyclic amines) is 1. The largest absolute Gasteiger partial charge is 0.506 e. The molecule has 0 saturated carbocycles. The summed E-state index contributed by atoms with van der Waals surface area (Å²) in [6.07, 6.45) is 4.63. The van der Waals surface area contributed by atoms with Crippen LogP contribution in [-0.2, 0) is 16.0 Å². The molecule has 2 aromatic rings. The van der Waals surface area contributed by atoms with Crippen LogP contribution in [-0.4, -0.2) is 53.4 Å². The molecule has 2 N–H and O–H groups in total. The van der Waals surface area contributed by atoms with Gasteiger partial charge in [-0.05, 0) is 68.5 Å². The van der Waals surface area contributed by atoms with E-state index >= 15 is 0 Å². The molecule has 0 spiro atoms. The van der Waals surface area contributed by atoms with E-state index in [1.54, 1.807) is 24.3 Å². The number of fused-ring (bicyclic) bond motifs is 1. The van der Waals surface area contributed by atoms with Crippen molar-refractivity contribution in [2.24, 2.45) is 5.92 Å². The molecule has 4 rings (SSSR count). The van der Waals surface area contributed by atoms with Crippen molar-refractivity contribution < 1.29 is 14.7 Å². The van der Waals surface area contributed by atoms with Gasteiger partial charge in [-0.3, -0.25) is 14.5 Å². The second kappa shape index (κ2) is 9.52. The average Bonchev–Trinajstić information content (AvgIpc) is 2.80. The van der Waals surface area contributed by atoms with E-state index in [0.717, 1.165) is 32.4 Å². The number of hydrogen-bond acceptors (Lipinski definition) is 4. The number of aryl methyl sites for hydroxylation is 1. The summed E-state index contributed by atoms with van der Waals surface area (Å²) < 4.78 is 0. The van der Waals surface area contributed by atoms with E-state index in [4.69, 9.17) is 0 Å². The van der Waals surface area contributed by atoms with E-state index in [-0.39, 0.29) is 29.5 Å². The predicted octanol–water partition coefficient (Wildman–Crippen LogP) is 3.58. The molecule has 6 heteroatoms. The topological polar surface area (TPSA) is 72.9 Å². The highest BCUT2D eigenvalue weighted by atomic mass is 16.3. The zero-order valence-electron chi connectivity index (χ0n) is 18.1. The molecule has 1 unspecified atom stereocenters. The van der Waals surface area contributed by atoms with Gasteiger partial charge in [0, 0.05) is 13.0 Å². The van der Waals surface area contributed by atoms with E-state index < -0.39 is 0 Å². The highest BCUT2D eigenvalue weighted by molar-refractivity contribution is 5.94. The number of carbonyl (C=O) groups excluding carboxylic acids is 2. The van der Waals surface area contributed by atoms with Crippen molar-refractivity contribution in [1.82, 2.24) is 9.80 Å². The number of para-hydroxylation sites is 2. The van der Waals surface area contributed by atoms with E-state index in [9.17, 15) is 14.7 Å². The summed E-state index contributed by atoms with van der Waals surface area (Å²) in [5.74, 6) is 0.0438. The molecule has 1 saturated heterocycles. The SMILES string of the molecule is CN(C(=O)CN1CCC(C(=O)Nc2ccccc2O)CC1)C1CCCc2ccccc21. The first-order valence-corrected chi connectivity index (χ1v) is 11.2. The second-order valence-corrected chi connectivity index (χ2v) is 8.67. The van der Waals surface area contributed by atoms with Crippen molar-refractivity contribution in [2.45, 2.75) is 38.1 Å². The number of benzene rings is 2. The van der Waals surface area contributed by atoms with Gasteiger partial charge in [-0.25, -0.2) is 0 Å². The molecular weight excluding hydrogens is 390 g/mol. The molecule has 1 atom stereocenters. The fourth-order valence-electron chi connectivity index (χ4n) is 4.77. The number of phenolic OH excluding ortho intramolecular Hbond substituents is 1. The summed E-state index contributed by atoms with van der Waals surface area (Å²) in [4.78, 5) is 29.6. The number of nitrogens with one attached hydrogen (secondary N) is 1. The molecule has 1 fully saturated rings. The molecule has 2 amide bonds. The molecule has 0 bridgehead atoms. The molecule has 164 valence electrons. The van der Waals surface area contributed by atoms with Crippen LogP contribution in [0.1, 0.15) is 42.9 Å². The summed E-state index contributed by atoms with van der Waals surface area (Å²) in [7, 11) is 1.92. The number of likely N-dealkylation sites (N-methyl/N-ethyl adjacent to an activating group) is 1. The maximum atomic E-state index is 13.0. The fourth-order valence-corrected chi connectivity index (χ4v) is 4.77. The van der Waals surface area contributed by atoms with Crippen molar-refractivity contribution in [2.75, 3.05) is 32.0 Å². The lowest BCUT2D eigenvalue weighted by Crippen LogP contribution is -2.45. The lowest BCUT2D eigenvalue weighted by molar-refractivity contribution is -0.134. The number of phenols is 1. The molecule has 2 aliphatic rings. The zero-order chi connectivity index (χ0) is 21.8. The summed E-state index contributed by atoms with van der Waals surface area (Å²) in [5, 5.41) is 12.7. The molecular formula is C25H31N3O3. The summed E-state index contributed by atoms with van der Waals surface area (Å²) in [6, 6.07) is 15.4. The molecule has 31 heavy (non-hydrogen) atoms. The quantitative estimate of drug-likeness (QED) is 0.724. The van der Waals surface area contributed by atoms with Crippen LogP contribution in [0.15, 0.2) is 48.5 Å². The molecule has 1 heterocycles. The number of nitrogens with zero attached hydrogens (tertiary/aromatic N) is 2. The van der Waals surface area contributed by atoms with Crippen LogP contribution >= 0.6 is 0 Å².